The van der Waals surface area contributed by atoms with Crippen LogP contribution in [0, 0.1) is 0 Å². The molecule has 0 bridgehead atoms. The molecule has 1 aliphatic heterocycles. The average Bonchev–Trinajstić information content (AvgIpc) is 2.65. The Morgan fingerprint density at radius 3 is 2.95 bits per heavy atom. The van der Waals surface area contributed by atoms with Crippen LogP contribution in [0.25, 0.3) is 0 Å². The largest absolute Gasteiger partial charge is 0.326 e. The van der Waals surface area contributed by atoms with E-state index in [1.165, 1.54) is 25.7 Å². The van der Waals surface area contributed by atoms with Crippen molar-refractivity contribution in [2.24, 2.45) is 5.73 Å². The van der Waals surface area contributed by atoms with Crippen LogP contribution < -0.4 is 11.1 Å². The van der Waals surface area contributed by atoms with Crippen molar-refractivity contribution in [1.29, 1.82) is 0 Å². The standard InChI is InChI=1S/C16H25N3O/c1-13-7-3-2-6-10-19(13)12-16(20)18-15-9-5-4-8-14(15)11-17/h4-5,8-9,13H,2-3,6-7,10-12,17H2,1H3,(H,18,20). The fourth-order valence-electron chi connectivity index (χ4n) is 2.76. The van der Waals surface area contributed by atoms with Crippen molar-refractivity contribution in [1.82, 2.24) is 4.90 Å². The Balaban J connectivity index is 1.94. The highest BCUT2D eigenvalue weighted by molar-refractivity contribution is 5.93. The van der Waals surface area contributed by atoms with E-state index in [1.54, 1.807) is 0 Å². The maximum Gasteiger partial charge on any atom is 0.238 e. The van der Waals surface area contributed by atoms with Crippen LogP contribution in [0.15, 0.2) is 24.3 Å². The molecule has 0 aliphatic carbocycles. The molecule has 0 saturated carbocycles. The monoisotopic (exact) mass is 275 g/mol. The van der Waals surface area contributed by atoms with E-state index in [2.05, 4.69) is 17.1 Å². The van der Waals surface area contributed by atoms with Crippen molar-refractivity contribution < 1.29 is 4.79 Å². The topological polar surface area (TPSA) is 58.4 Å². The van der Waals surface area contributed by atoms with Gasteiger partial charge in [-0.1, -0.05) is 31.0 Å². The van der Waals surface area contributed by atoms with E-state index in [9.17, 15) is 4.79 Å². The molecule has 1 atom stereocenters. The number of rotatable bonds is 4. The number of carbonyl (C=O) groups is 1. The molecule has 4 heteroatoms. The third-order valence-electron chi connectivity index (χ3n) is 4.05. The van der Waals surface area contributed by atoms with Gasteiger partial charge in [0.05, 0.1) is 6.54 Å². The summed E-state index contributed by atoms with van der Waals surface area (Å²) in [7, 11) is 0. The molecule has 1 heterocycles. The van der Waals surface area contributed by atoms with Gasteiger partial charge in [-0.05, 0) is 37.9 Å². The van der Waals surface area contributed by atoms with Crippen LogP contribution in [-0.4, -0.2) is 29.9 Å². The SMILES string of the molecule is CC1CCCCCN1CC(=O)Nc1ccccc1CN. The molecule has 1 unspecified atom stereocenters. The highest BCUT2D eigenvalue weighted by atomic mass is 16.2. The number of nitrogens with one attached hydrogen (secondary N) is 1. The first-order chi connectivity index (χ1) is 9.70. The van der Waals surface area contributed by atoms with Gasteiger partial charge < -0.3 is 11.1 Å². The Labute approximate surface area is 121 Å². The van der Waals surface area contributed by atoms with Crippen molar-refractivity contribution in [2.45, 2.75) is 45.2 Å². The lowest BCUT2D eigenvalue weighted by molar-refractivity contribution is -0.117. The minimum absolute atomic E-state index is 0.0552. The van der Waals surface area contributed by atoms with E-state index in [0.717, 1.165) is 17.8 Å². The zero-order valence-corrected chi connectivity index (χ0v) is 12.3. The number of nitrogens with two attached hydrogens (primary N) is 1. The highest BCUT2D eigenvalue weighted by Gasteiger charge is 2.19. The van der Waals surface area contributed by atoms with Gasteiger partial charge in [-0.15, -0.1) is 0 Å². The summed E-state index contributed by atoms with van der Waals surface area (Å²) < 4.78 is 0. The Kier molecular flexibility index (Phi) is 5.56. The Hall–Kier alpha value is -1.39. The van der Waals surface area contributed by atoms with Crippen LogP contribution in [-0.2, 0) is 11.3 Å². The predicted molar refractivity (Wildman–Crippen MR) is 82.5 cm³/mol. The number of hydrogen-bond acceptors (Lipinski definition) is 3. The van der Waals surface area contributed by atoms with Gasteiger partial charge in [0.15, 0.2) is 0 Å². The number of carbonyl (C=O) groups excluding carboxylic acids is 1. The molecule has 1 aromatic carbocycles. The molecule has 3 N–H and O–H groups in total. The van der Waals surface area contributed by atoms with E-state index in [-0.39, 0.29) is 5.91 Å². The lowest BCUT2D eigenvalue weighted by atomic mass is 10.1. The lowest BCUT2D eigenvalue weighted by Gasteiger charge is -2.26. The van der Waals surface area contributed by atoms with Gasteiger partial charge in [-0.2, -0.15) is 0 Å². The van der Waals surface area contributed by atoms with Crippen LogP contribution in [0.5, 0.6) is 0 Å². The zero-order valence-electron chi connectivity index (χ0n) is 12.3. The second-order valence-corrected chi connectivity index (χ2v) is 5.58. The summed E-state index contributed by atoms with van der Waals surface area (Å²) in [6.45, 7) is 4.15. The number of hydrogen-bond donors (Lipinski definition) is 2. The molecular formula is C16H25N3O. The van der Waals surface area contributed by atoms with Crippen LogP contribution in [0.3, 0.4) is 0 Å². The smallest absolute Gasteiger partial charge is 0.238 e. The Bertz CT molecular complexity index is 447. The minimum Gasteiger partial charge on any atom is -0.326 e. The van der Waals surface area contributed by atoms with Gasteiger partial charge >= 0.3 is 0 Å². The molecule has 20 heavy (non-hydrogen) atoms. The van der Waals surface area contributed by atoms with Crippen LogP contribution in [0.4, 0.5) is 5.69 Å². The molecule has 0 spiro atoms. The van der Waals surface area contributed by atoms with Crippen molar-refractivity contribution in [3.8, 4) is 0 Å². The highest BCUT2D eigenvalue weighted by Crippen LogP contribution is 2.17. The van der Waals surface area contributed by atoms with E-state index < -0.39 is 0 Å². The van der Waals surface area contributed by atoms with Crippen molar-refractivity contribution in [3.05, 3.63) is 29.8 Å². The quantitative estimate of drug-likeness (QED) is 0.887. The fourth-order valence-corrected chi connectivity index (χ4v) is 2.76. The van der Waals surface area contributed by atoms with Gasteiger partial charge in [0.2, 0.25) is 5.91 Å². The normalized spacial score (nSPS) is 20.4. The third kappa shape index (κ3) is 4.05. The van der Waals surface area contributed by atoms with Gasteiger partial charge in [0.25, 0.3) is 0 Å². The molecule has 1 aromatic rings. The molecular weight excluding hydrogens is 250 g/mol. The molecule has 1 fully saturated rings. The van der Waals surface area contributed by atoms with Crippen LogP contribution in [0.2, 0.25) is 0 Å². The minimum atomic E-state index is 0.0552. The fraction of sp³-hybridized carbons (Fsp3) is 0.562. The van der Waals surface area contributed by atoms with Crippen LogP contribution in [0.1, 0.15) is 38.2 Å². The summed E-state index contributed by atoms with van der Waals surface area (Å²) >= 11 is 0. The van der Waals surface area contributed by atoms with Gasteiger partial charge in [0, 0.05) is 18.3 Å². The predicted octanol–water partition coefficient (Wildman–Crippen LogP) is 2.35. The molecule has 4 nitrogen and oxygen atoms in total. The first-order valence-electron chi connectivity index (χ1n) is 7.52. The first kappa shape index (κ1) is 15.0. The maximum absolute atomic E-state index is 12.2. The van der Waals surface area contributed by atoms with Crippen molar-refractivity contribution in [2.75, 3.05) is 18.4 Å². The molecule has 0 aromatic heterocycles. The van der Waals surface area contributed by atoms with Gasteiger partial charge in [0.1, 0.15) is 0 Å². The summed E-state index contributed by atoms with van der Waals surface area (Å²) in [5.41, 5.74) is 7.50. The number of likely N-dealkylation sites (tertiary alicyclic amines) is 1. The molecule has 1 aliphatic rings. The summed E-state index contributed by atoms with van der Waals surface area (Å²) in [4.78, 5) is 14.5. The molecule has 110 valence electrons. The molecule has 1 saturated heterocycles. The number of para-hydroxylation sites is 1. The summed E-state index contributed by atoms with van der Waals surface area (Å²) in [5, 5.41) is 2.99. The third-order valence-corrected chi connectivity index (χ3v) is 4.05. The maximum atomic E-state index is 12.2. The Morgan fingerprint density at radius 1 is 1.35 bits per heavy atom. The van der Waals surface area contributed by atoms with E-state index in [4.69, 9.17) is 5.73 Å². The van der Waals surface area contributed by atoms with Crippen molar-refractivity contribution >= 4 is 11.6 Å². The van der Waals surface area contributed by atoms with Gasteiger partial charge in [-0.3, -0.25) is 9.69 Å². The lowest BCUT2D eigenvalue weighted by Crippen LogP contribution is -2.39. The molecule has 1 amide bonds. The van der Waals surface area contributed by atoms with Gasteiger partial charge in [-0.25, -0.2) is 0 Å². The van der Waals surface area contributed by atoms with Crippen LogP contribution >= 0.6 is 0 Å². The van der Waals surface area contributed by atoms with E-state index in [1.807, 2.05) is 24.3 Å². The second kappa shape index (κ2) is 7.41. The number of amides is 1. The van der Waals surface area contributed by atoms with Crippen molar-refractivity contribution in [3.63, 3.8) is 0 Å². The van der Waals surface area contributed by atoms with E-state index >= 15 is 0 Å². The number of nitrogens with zero attached hydrogens (tertiary/aromatic N) is 1. The molecule has 0 radical (unpaired) electrons. The second-order valence-electron chi connectivity index (χ2n) is 5.58. The summed E-state index contributed by atoms with van der Waals surface area (Å²) in [5.74, 6) is 0.0552. The van der Waals surface area contributed by atoms with E-state index in [0.29, 0.717) is 19.1 Å². The summed E-state index contributed by atoms with van der Waals surface area (Å²) in [6.07, 6.45) is 4.93. The summed E-state index contributed by atoms with van der Waals surface area (Å²) in [6, 6.07) is 8.21. The molecule has 2 rings (SSSR count). The Morgan fingerprint density at radius 2 is 2.15 bits per heavy atom. The number of benzene rings is 1. The first-order valence-corrected chi connectivity index (χ1v) is 7.52. The number of anilines is 1. The average molecular weight is 275 g/mol. The zero-order chi connectivity index (χ0) is 14.4.